The summed E-state index contributed by atoms with van der Waals surface area (Å²) >= 11 is 0. The van der Waals surface area contributed by atoms with Gasteiger partial charge in [0.15, 0.2) is 0 Å². The van der Waals surface area contributed by atoms with E-state index in [1.54, 1.807) is 0 Å². The summed E-state index contributed by atoms with van der Waals surface area (Å²) in [5.74, 6) is -0.00574. The van der Waals surface area contributed by atoms with Crippen LogP contribution in [-0.4, -0.2) is 33.1 Å². The SMILES string of the molecule is O=C(CCCc1ccc2[nH]c(=O)[nH]c2c1)NCC1(O)CCCCCC1. The number of fused-ring (bicyclic) bond motifs is 1. The van der Waals surface area contributed by atoms with Gasteiger partial charge in [0.2, 0.25) is 5.91 Å². The van der Waals surface area contributed by atoms with Crippen LogP contribution < -0.4 is 11.0 Å². The lowest BCUT2D eigenvalue weighted by molar-refractivity contribution is -0.122. The van der Waals surface area contributed by atoms with Gasteiger partial charge in [0.25, 0.3) is 0 Å². The summed E-state index contributed by atoms with van der Waals surface area (Å²) in [4.78, 5) is 28.8. The minimum absolute atomic E-state index is 0.00574. The maximum Gasteiger partial charge on any atom is 0.323 e. The summed E-state index contributed by atoms with van der Waals surface area (Å²) in [6.07, 6.45) is 7.94. The predicted molar refractivity (Wildman–Crippen MR) is 97.5 cm³/mol. The van der Waals surface area contributed by atoms with Crippen molar-refractivity contribution in [3.05, 3.63) is 34.2 Å². The van der Waals surface area contributed by atoms with Gasteiger partial charge in [0.05, 0.1) is 16.6 Å². The first-order valence-electron chi connectivity index (χ1n) is 9.24. The van der Waals surface area contributed by atoms with Crippen LogP contribution in [0.5, 0.6) is 0 Å². The molecule has 1 fully saturated rings. The van der Waals surface area contributed by atoms with Crippen LogP contribution in [0.3, 0.4) is 0 Å². The summed E-state index contributed by atoms with van der Waals surface area (Å²) < 4.78 is 0. The summed E-state index contributed by atoms with van der Waals surface area (Å²) in [6, 6.07) is 5.79. The van der Waals surface area contributed by atoms with E-state index in [-0.39, 0.29) is 11.6 Å². The maximum absolute atomic E-state index is 12.0. The molecule has 3 rings (SSSR count). The molecule has 1 heterocycles. The third-order valence-electron chi connectivity index (χ3n) is 5.10. The van der Waals surface area contributed by atoms with E-state index in [0.717, 1.165) is 55.1 Å². The van der Waals surface area contributed by atoms with Crippen LogP contribution in [0.1, 0.15) is 56.9 Å². The average Bonchev–Trinajstić information content (AvgIpc) is 2.81. The fourth-order valence-corrected chi connectivity index (χ4v) is 3.60. The number of aromatic amines is 2. The summed E-state index contributed by atoms with van der Waals surface area (Å²) in [5, 5.41) is 13.5. The molecule has 1 aromatic carbocycles. The Labute approximate surface area is 147 Å². The topological polar surface area (TPSA) is 98.0 Å². The van der Waals surface area contributed by atoms with Crippen molar-refractivity contribution in [1.82, 2.24) is 15.3 Å². The zero-order valence-electron chi connectivity index (χ0n) is 14.6. The molecule has 1 aliphatic carbocycles. The van der Waals surface area contributed by atoms with Crippen molar-refractivity contribution in [3.63, 3.8) is 0 Å². The van der Waals surface area contributed by atoms with Gasteiger partial charge in [-0.15, -0.1) is 0 Å². The Morgan fingerprint density at radius 3 is 2.60 bits per heavy atom. The van der Waals surface area contributed by atoms with E-state index in [2.05, 4.69) is 15.3 Å². The van der Waals surface area contributed by atoms with Crippen molar-refractivity contribution < 1.29 is 9.90 Å². The lowest BCUT2D eigenvalue weighted by Gasteiger charge is -2.26. The van der Waals surface area contributed by atoms with Gasteiger partial charge in [-0.3, -0.25) is 4.79 Å². The zero-order chi connectivity index (χ0) is 17.7. The Morgan fingerprint density at radius 2 is 1.84 bits per heavy atom. The highest BCUT2D eigenvalue weighted by Gasteiger charge is 2.28. The van der Waals surface area contributed by atoms with E-state index < -0.39 is 5.60 Å². The maximum atomic E-state index is 12.0. The minimum atomic E-state index is -0.725. The van der Waals surface area contributed by atoms with Crippen LogP contribution in [0.15, 0.2) is 23.0 Å². The molecular weight excluding hydrogens is 318 g/mol. The Morgan fingerprint density at radius 1 is 1.12 bits per heavy atom. The van der Waals surface area contributed by atoms with Gasteiger partial charge < -0.3 is 20.4 Å². The number of hydrogen-bond acceptors (Lipinski definition) is 3. The number of carbonyl (C=O) groups excluding carboxylic acids is 1. The number of carbonyl (C=O) groups is 1. The van der Waals surface area contributed by atoms with Gasteiger partial charge in [-0.05, 0) is 43.4 Å². The molecule has 0 bridgehead atoms. The summed E-state index contributed by atoms with van der Waals surface area (Å²) in [6.45, 7) is 0.363. The van der Waals surface area contributed by atoms with E-state index in [1.165, 1.54) is 12.8 Å². The number of aliphatic hydroxyl groups is 1. The quantitative estimate of drug-likeness (QED) is 0.605. The third kappa shape index (κ3) is 4.95. The highest BCUT2D eigenvalue weighted by Crippen LogP contribution is 2.26. The molecule has 1 aromatic heterocycles. The Kier molecular flexibility index (Phi) is 5.58. The third-order valence-corrected chi connectivity index (χ3v) is 5.10. The van der Waals surface area contributed by atoms with Crippen molar-refractivity contribution in [1.29, 1.82) is 0 Å². The molecular formula is C19H27N3O3. The van der Waals surface area contributed by atoms with Crippen molar-refractivity contribution >= 4 is 16.9 Å². The van der Waals surface area contributed by atoms with E-state index in [9.17, 15) is 14.7 Å². The molecule has 6 nitrogen and oxygen atoms in total. The smallest absolute Gasteiger partial charge is 0.323 e. The number of imidazole rings is 1. The monoisotopic (exact) mass is 345 g/mol. The van der Waals surface area contributed by atoms with Gasteiger partial charge in [-0.2, -0.15) is 0 Å². The van der Waals surface area contributed by atoms with Crippen molar-refractivity contribution in [2.24, 2.45) is 0 Å². The van der Waals surface area contributed by atoms with Gasteiger partial charge >= 0.3 is 5.69 Å². The number of hydrogen-bond donors (Lipinski definition) is 4. The fraction of sp³-hybridized carbons (Fsp3) is 0.579. The van der Waals surface area contributed by atoms with Crippen LogP contribution in [-0.2, 0) is 11.2 Å². The summed E-state index contributed by atoms with van der Waals surface area (Å²) in [5.41, 5.74) is 1.75. The van der Waals surface area contributed by atoms with Crippen molar-refractivity contribution in [2.75, 3.05) is 6.54 Å². The molecule has 1 amide bonds. The normalized spacial score (nSPS) is 17.3. The molecule has 0 atom stereocenters. The molecule has 1 saturated carbocycles. The Bertz CT molecular complexity index is 770. The first-order chi connectivity index (χ1) is 12.0. The predicted octanol–water partition coefficient (Wildman–Crippen LogP) is 2.38. The van der Waals surface area contributed by atoms with Gasteiger partial charge in [-0.25, -0.2) is 4.79 Å². The van der Waals surface area contributed by atoms with Crippen LogP contribution in [0.25, 0.3) is 11.0 Å². The molecule has 0 saturated heterocycles. The number of aromatic nitrogens is 2. The van der Waals surface area contributed by atoms with Crippen molar-refractivity contribution in [2.45, 2.75) is 63.4 Å². The standard InChI is InChI=1S/C19H27N3O3/c23-17(20-13-19(25)10-3-1-2-4-11-19)7-5-6-14-8-9-15-16(12-14)22-18(24)21-15/h8-9,12,25H,1-7,10-11,13H2,(H,20,23)(H2,21,22,24). The number of nitrogens with one attached hydrogen (secondary N) is 3. The molecule has 25 heavy (non-hydrogen) atoms. The first kappa shape index (κ1) is 17.7. The van der Waals surface area contributed by atoms with E-state index in [0.29, 0.717) is 13.0 Å². The van der Waals surface area contributed by atoms with Crippen LogP contribution in [0, 0.1) is 0 Å². The zero-order valence-corrected chi connectivity index (χ0v) is 14.6. The fourth-order valence-electron chi connectivity index (χ4n) is 3.60. The second-order valence-electron chi connectivity index (χ2n) is 7.23. The molecule has 4 N–H and O–H groups in total. The molecule has 0 radical (unpaired) electrons. The minimum Gasteiger partial charge on any atom is -0.388 e. The number of rotatable bonds is 6. The van der Waals surface area contributed by atoms with Crippen molar-refractivity contribution in [3.8, 4) is 0 Å². The lowest BCUT2D eigenvalue weighted by Crippen LogP contribution is -2.42. The highest BCUT2D eigenvalue weighted by molar-refractivity contribution is 5.76. The number of aryl methyl sites for hydroxylation is 1. The molecule has 136 valence electrons. The molecule has 0 unspecified atom stereocenters. The summed E-state index contributed by atoms with van der Waals surface area (Å²) in [7, 11) is 0. The number of benzene rings is 1. The number of amides is 1. The molecule has 2 aromatic rings. The average molecular weight is 345 g/mol. The molecule has 0 aliphatic heterocycles. The first-order valence-corrected chi connectivity index (χ1v) is 9.24. The van der Waals surface area contributed by atoms with E-state index in [1.807, 2.05) is 18.2 Å². The number of H-pyrrole nitrogens is 2. The van der Waals surface area contributed by atoms with E-state index >= 15 is 0 Å². The van der Waals surface area contributed by atoms with Gasteiger partial charge in [0.1, 0.15) is 0 Å². The van der Waals surface area contributed by atoms with Crippen LogP contribution in [0.4, 0.5) is 0 Å². The Balaban J connectivity index is 1.43. The van der Waals surface area contributed by atoms with Gasteiger partial charge in [0, 0.05) is 13.0 Å². The molecule has 6 heteroatoms. The van der Waals surface area contributed by atoms with E-state index in [4.69, 9.17) is 0 Å². The second kappa shape index (κ2) is 7.87. The lowest BCUT2D eigenvalue weighted by atomic mass is 9.94. The largest absolute Gasteiger partial charge is 0.388 e. The Hall–Kier alpha value is -2.08. The van der Waals surface area contributed by atoms with Crippen LogP contribution in [0.2, 0.25) is 0 Å². The van der Waals surface area contributed by atoms with Crippen LogP contribution >= 0.6 is 0 Å². The highest BCUT2D eigenvalue weighted by atomic mass is 16.3. The molecule has 0 spiro atoms. The molecule has 1 aliphatic rings. The second-order valence-corrected chi connectivity index (χ2v) is 7.23. The van der Waals surface area contributed by atoms with Gasteiger partial charge in [-0.1, -0.05) is 31.7 Å².